The number of hydrogen-bond donors (Lipinski definition) is 1. The summed E-state index contributed by atoms with van der Waals surface area (Å²) in [4.78, 5) is 14.5. The first-order chi connectivity index (χ1) is 15.7. The molecule has 1 aromatic heterocycles. The number of benzene rings is 2. The number of aryl methyl sites for hydroxylation is 2. The number of nitrogens with one attached hydrogen (secondary N) is 1. The maximum absolute atomic E-state index is 12.7. The highest BCUT2D eigenvalue weighted by Gasteiger charge is 2.17. The van der Waals surface area contributed by atoms with Gasteiger partial charge in [-0.05, 0) is 57.6 Å². The Kier molecular flexibility index (Phi) is 7.65. The van der Waals surface area contributed by atoms with Gasteiger partial charge >= 0.3 is 6.61 Å². The predicted molar refractivity (Wildman–Crippen MR) is 122 cm³/mol. The van der Waals surface area contributed by atoms with E-state index in [1.165, 1.54) is 13.2 Å². The zero-order valence-corrected chi connectivity index (χ0v) is 19.4. The largest absolute Gasteiger partial charge is 0.493 e. The molecule has 0 saturated heterocycles. The summed E-state index contributed by atoms with van der Waals surface area (Å²) in [5.41, 5.74) is 5.13. The quantitative estimate of drug-likeness (QED) is 0.512. The third kappa shape index (κ3) is 6.07. The summed E-state index contributed by atoms with van der Waals surface area (Å²) in [7, 11) is 3.18. The third-order valence-electron chi connectivity index (χ3n) is 5.14. The van der Waals surface area contributed by atoms with Crippen molar-refractivity contribution in [2.24, 2.45) is 0 Å². The van der Waals surface area contributed by atoms with E-state index in [9.17, 15) is 13.6 Å². The van der Waals surface area contributed by atoms with Crippen molar-refractivity contribution in [2.75, 3.05) is 26.0 Å². The minimum Gasteiger partial charge on any atom is -0.493 e. The van der Waals surface area contributed by atoms with Crippen LogP contribution in [0.25, 0.3) is 5.69 Å². The second kappa shape index (κ2) is 10.4. The number of likely N-dealkylation sites (N-methyl/N-ethyl adjacent to an activating group) is 1. The zero-order valence-electron chi connectivity index (χ0n) is 19.4. The van der Waals surface area contributed by atoms with Crippen LogP contribution in [0.4, 0.5) is 14.5 Å². The van der Waals surface area contributed by atoms with Gasteiger partial charge in [0.15, 0.2) is 11.5 Å². The van der Waals surface area contributed by atoms with Crippen molar-refractivity contribution in [3.05, 3.63) is 65.0 Å². The second-order valence-electron chi connectivity index (χ2n) is 7.88. The number of rotatable bonds is 9. The number of ether oxygens (including phenoxy) is 2. The molecule has 33 heavy (non-hydrogen) atoms. The summed E-state index contributed by atoms with van der Waals surface area (Å²) >= 11 is 0. The number of halogens is 2. The minimum absolute atomic E-state index is 0.0341. The smallest absolute Gasteiger partial charge is 0.387 e. The molecule has 1 heterocycles. The first kappa shape index (κ1) is 24.2. The van der Waals surface area contributed by atoms with E-state index in [1.807, 2.05) is 54.6 Å². The number of nitrogens with zero attached hydrogens (tertiary/aromatic N) is 3. The molecular weight excluding hydrogens is 430 g/mol. The molecular formula is C24H28F2N4O3. The number of methoxy groups -OCH3 is 1. The van der Waals surface area contributed by atoms with Crippen LogP contribution in [0.1, 0.15) is 22.5 Å². The molecule has 0 aliphatic carbocycles. The first-order valence-corrected chi connectivity index (χ1v) is 10.4. The Hall–Kier alpha value is -3.46. The summed E-state index contributed by atoms with van der Waals surface area (Å²) in [6.07, 6.45) is 0. The lowest BCUT2D eigenvalue weighted by Crippen LogP contribution is -2.30. The van der Waals surface area contributed by atoms with Gasteiger partial charge < -0.3 is 14.8 Å². The van der Waals surface area contributed by atoms with Gasteiger partial charge in [-0.1, -0.05) is 23.8 Å². The average molecular weight is 459 g/mol. The van der Waals surface area contributed by atoms with Crippen LogP contribution in [0, 0.1) is 20.8 Å². The van der Waals surface area contributed by atoms with Crippen molar-refractivity contribution in [3.63, 3.8) is 0 Å². The molecule has 176 valence electrons. The van der Waals surface area contributed by atoms with E-state index in [2.05, 4.69) is 15.2 Å². The summed E-state index contributed by atoms with van der Waals surface area (Å²) in [6.45, 7) is 3.40. The Balaban J connectivity index is 1.65. The number of alkyl halides is 2. The van der Waals surface area contributed by atoms with Gasteiger partial charge in [0.05, 0.1) is 36.4 Å². The molecule has 1 N–H and O–H groups in total. The fourth-order valence-corrected chi connectivity index (χ4v) is 3.56. The van der Waals surface area contributed by atoms with Gasteiger partial charge in [0.25, 0.3) is 0 Å². The van der Waals surface area contributed by atoms with E-state index in [0.717, 1.165) is 28.2 Å². The molecule has 7 nitrogen and oxygen atoms in total. The highest BCUT2D eigenvalue weighted by molar-refractivity contribution is 5.93. The zero-order chi connectivity index (χ0) is 24.1. The number of aromatic nitrogens is 2. The van der Waals surface area contributed by atoms with Crippen molar-refractivity contribution in [1.29, 1.82) is 0 Å². The number of anilines is 1. The summed E-state index contributed by atoms with van der Waals surface area (Å²) in [5, 5.41) is 7.53. The van der Waals surface area contributed by atoms with Crippen molar-refractivity contribution >= 4 is 11.6 Å². The Labute approximate surface area is 191 Å². The number of carbonyl (C=O) groups is 1. The topological polar surface area (TPSA) is 68.6 Å². The molecule has 9 heteroatoms. The molecule has 0 saturated carbocycles. The maximum Gasteiger partial charge on any atom is 0.387 e. The van der Waals surface area contributed by atoms with Crippen molar-refractivity contribution in [3.8, 4) is 17.2 Å². The van der Waals surface area contributed by atoms with E-state index >= 15 is 0 Å². The standard InChI is InChI=1S/C24H28F2N4O3/c1-15-6-9-19(10-7-15)30-17(3)23(16(2)28-30)27-22(31)14-29(4)13-18-8-11-20(33-24(25)26)21(12-18)32-5/h6-12,24H,13-14H2,1-5H3,(H,27,31). The molecule has 3 rings (SSSR count). The van der Waals surface area contributed by atoms with Crippen LogP contribution in [0.5, 0.6) is 11.5 Å². The molecule has 0 bridgehead atoms. The van der Waals surface area contributed by atoms with Gasteiger partial charge in [0.2, 0.25) is 5.91 Å². The van der Waals surface area contributed by atoms with Gasteiger partial charge in [-0.15, -0.1) is 0 Å². The lowest BCUT2D eigenvalue weighted by atomic mass is 10.2. The van der Waals surface area contributed by atoms with Gasteiger partial charge in [-0.2, -0.15) is 13.9 Å². The normalized spacial score (nSPS) is 11.2. The lowest BCUT2D eigenvalue weighted by molar-refractivity contribution is -0.117. The molecule has 0 spiro atoms. The fourth-order valence-electron chi connectivity index (χ4n) is 3.56. The molecule has 2 aromatic carbocycles. The Morgan fingerprint density at radius 3 is 2.45 bits per heavy atom. The van der Waals surface area contributed by atoms with Crippen LogP contribution in [-0.4, -0.2) is 47.9 Å². The van der Waals surface area contributed by atoms with Gasteiger partial charge in [-0.25, -0.2) is 4.68 Å². The number of hydrogen-bond acceptors (Lipinski definition) is 5. The van der Waals surface area contributed by atoms with Gasteiger partial charge in [0, 0.05) is 6.54 Å². The van der Waals surface area contributed by atoms with Crippen LogP contribution in [0.15, 0.2) is 42.5 Å². The highest BCUT2D eigenvalue weighted by atomic mass is 19.3. The van der Waals surface area contributed by atoms with Crippen molar-refractivity contribution in [1.82, 2.24) is 14.7 Å². The van der Waals surface area contributed by atoms with Crippen LogP contribution in [0.2, 0.25) is 0 Å². The third-order valence-corrected chi connectivity index (χ3v) is 5.14. The molecule has 0 radical (unpaired) electrons. The molecule has 0 unspecified atom stereocenters. The van der Waals surface area contributed by atoms with E-state index < -0.39 is 6.61 Å². The van der Waals surface area contributed by atoms with Crippen molar-refractivity contribution in [2.45, 2.75) is 33.9 Å². The van der Waals surface area contributed by atoms with Crippen molar-refractivity contribution < 1.29 is 23.0 Å². The Morgan fingerprint density at radius 1 is 1.12 bits per heavy atom. The second-order valence-corrected chi connectivity index (χ2v) is 7.88. The Bertz CT molecular complexity index is 1110. The summed E-state index contributed by atoms with van der Waals surface area (Å²) in [6, 6.07) is 12.7. The molecule has 0 atom stereocenters. The predicted octanol–water partition coefficient (Wildman–Crippen LogP) is 4.48. The summed E-state index contributed by atoms with van der Waals surface area (Å²) in [5.74, 6) is -0.00891. The highest BCUT2D eigenvalue weighted by Crippen LogP contribution is 2.30. The van der Waals surface area contributed by atoms with E-state index in [4.69, 9.17) is 4.74 Å². The van der Waals surface area contributed by atoms with Crippen LogP contribution in [0.3, 0.4) is 0 Å². The fraction of sp³-hybridized carbons (Fsp3) is 0.333. The maximum atomic E-state index is 12.7. The number of carbonyl (C=O) groups excluding carboxylic acids is 1. The van der Waals surface area contributed by atoms with Crippen LogP contribution in [-0.2, 0) is 11.3 Å². The molecule has 1 amide bonds. The van der Waals surface area contributed by atoms with Crippen LogP contribution >= 0.6 is 0 Å². The molecule has 0 aliphatic heterocycles. The molecule has 0 aliphatic rings. The average Bonchev–Trinajstić information content (AvgIpc) is 3.03. The SMILES string of the molecule is COc1cc(CN(C)CC(=O)Nc2c(C)nn(-c3ccc(C)cc3)c2C)ccc1OC(F)F. The molecule has 0 fully saturated rings. The Morgan fingerprint density at radius 2 is 1.82 bits per heavy atom. The first-order valence-electron chi connectivity index (χ1n) is 10.4. The van der Waals surface area contributed by atoms with Crippen LogP contribution < -0.4 is 14.8 Å². The van der Waals surface area contributed by atoms with E-state index in [0.29, 0.717) is 12.2 Å². The minimum atomic E-state index is -2.93. The van der Waals surface area contributed by atoms with E-state index in [-0.39, 0.29) is 24.0 Å². The monoisotopic (exact) mass is 458 g/mol. The van der Waals surface area contributed by atoms with Gasteiger partial charge in [-0.3, -0.25) is 9.69 Å². The molecule has 3 aromatic rings. The van der Waals surface area contributed by atoms with E-state index in [1.54, 1.807) is 19.2 Å². The summed E-state index contributed by atoms with van der Waals surface area (Å²) < 4.78 is 36.4. The number of amides is 1. The lowest BCUT2D eigenvalue weighted by Gasteiger charge is -2.18. The van der Waals surface area contributed by atoms with Gasteiger partial charge in [0.1, 0.15) is 0 Å².